The average Bonchev–Trinajstić information content (AvgIpc) is 3.01. The van der Waals surface area contributed by atoms with Crippen molar-refractivity contribution in [3.05, 3.63) is 82.6 Å². The van der Waals surface area contributed by atoms with E-state index in [9.17, 15) is 9.90 Å². The molecular formula is C17H14O2S. The van der Waals surface area contributed by atoms with Crippen molar-refractivity contribution in [3.8, 4) is 5.75 Å². The van der Waals surface area contributed by atoms with Crippen LogP contribution in [0.5, 0.6) is 5.75 Å². The predicted molar refractivity (Wildman–Crippen MR) is 83.5 cm³/mol. The molecule has 0 unspecified atom stereocenters. The van der Waals surface area contributed by atoms with Gasteiger partial charge in [0.2, 0.25) is 0 Å². The molecule has 0 bridgehead atoms. The van der Waals surface area contributed by atoms with Crippen LogP contribution in [-0.2, 0) is 0 Å². The molecule has 0 spiro atoms. The summed E-state index contributed by atoms with van der Waals surface area (Å²) in [7, 11) is -0.642. The Kier molecular flexibility index (Phi) is 3.44. The largest absolute Gasteiger partial charge is 0.508 e. The Morgan fingerprint density at radius 1 is 0.950 bits per heavy atom. The lowest BCUT2D eigenvalue weighted by atomic mass is 10.0. The van der Waals surface area contributed by atoms with Crippen molar-refractivity contribution in [2.45, 2.75) is 4.90 Å². The standard InChI is InChI=1S/C17H14O2S/c18-14-8-9-15(16(12-14)20-10-4-5-11-20)17(19)13-6-2-1-3-7-13/h1-12,18,20H. The smallest absolute Gasteiger partial charge is 0.194 e. The number of phenolic OH excluding ortho intramolecular Hbond substituents is 1. The molecule has 3 heteroatoms. The fourth-order valence-corrected chi connectivity index (χ4v) is 3.89. The van der Waals surface area contributed by atoms with Crippen molar-refractivity contribution in [1.82, 2.24) is 0 Å². The Hall–Kier alpha value is -2.26. The molecule has 100 valence electrons. The molecule has 3 rings (SSSR count). The Labute approximate surface area is 120 Å². The summed E-state index contributed by atoms with van der Waals surface area (Å²) in [5.41, 5.74) is 1.33. The van der Waals surface area contributed by atoms with E-state index in [0.29, 0.717) is 11.1 Å². The minimum absolute atomic E-state index is 0.00296. The van der Waals surface area contributed by atoms with Crippen LogP contribution in [0.2, 0.25) is 0 Å². The Balaban J connectivity index is 2.07. The minimum atomic E-state index is -0.642. The lowest BCUT2D eigenvalue weighted by molar-refractivity contribution is 0.103. The van der Waals surface area contributed by atoms with Crippen molar-refractivity contribution in [2.75, 3.05) is 0 Å². The van der Waals surface area contributed by atoms with Gasteiger partial charge in [0.15, 0.2) is 5.78 Å². The first-order valence-corrected chi connectivity index (χ1v) is 7.80. The normalized spacial score (nSPS) is 14.7. The van der Waals surface area contributed by atoms with Crippen molar-refractivity contribution in [3.63, 3.8) is 0 Å². The van der Waals surface area contributed by atoms with Gasteiger partial charge in [-0.2, -0.15) is 10.9 Å². The van der Waals surface area contributed by atoms with Gasteiger partial charge in [0.1, 0.15) is 5.75 Å². The fourth-order valence-electron chi connectivity index (χ4n) is 2.17. The lowest BCUT2D eigenvalue weighted by Crippen LogP contribution is -2.03. The second kappa shape index (κ2) is 5.39. The van der Waals surface area contributed by atoms with Crippen molar-refractivity contribution in [2.24, 2.45) is 0 Å². The molecule has 0 radical (unpaired) electrons. The maximum Gasteiger partial charge on any atom is 0.194 e. The second-order valence-corrected chi connectivity index (χ2v) is 6.38. The SMILES string of the molecule is O=C(c1ccccc1)c1ccc(O)cc1[SH]1C=CC=C1. The molecule has 20 heavy (non-hydrogen) atoms. The summed E-state index contributed by atoms with van der Waals surface area (Å²) in [5, 5.41) is 13.9. The molecule has 0 atom stereocenters. The first-order chi connectivity index (χ1) is 9.75. The van der Waals surface area contributed by atoms with Gasteiger partial charge in [0.05, 0.1) is 0 Å². The summed E-state index contributed by atoms with van der Waals surface area (Å²) in [6.45, 7) is 0. The van der Waals surface area contributed by atoms with Gasteiger partial charge in [0.25, 0.3) is 0 Å². The summed E-state index contributed by atoms with van der Waals surface area (Å²) in [6, 6.07) is 14.2. The number of rotatable bonds is 3. The molecule has 2 nitrogen and oxygen atoms in total. The summed E-state index contributed by atoms with van der Waals surface area (Å²) in [6.07, 6.45) is 3.96. The van der Waals surface area contributed by atoms with Crippen LogP contribution in [0.25, 0.3) is 0 Å². The molecule has 1 aliphatic rings. The highest BCUT2D eigenvalue weighted by Crippen LogP contribution is 2.45. The van der Waals surface area contributed by atoms with Gasteiger partial charge in [0, 0.05) is 16.0 Å². The van der Waals surface area contributed by atoms with Crippen LogP contribution in [0.3, 0.4) is 0 Å². The Bertz CT molecular complexity index is 690. The Morgan fingerprint density at radius 2 is 1.65 bits per heavy atom. The average molecular weight is 282 g/mol. The minimum Gasteiger partial charge on any atom is -0.508 e. The third kappa shape index (κ3) is 2.40. The van der Waals surface area contributed by atoms with Gasteiger partial charge in [-0.3, -0.25) is 4.79 Å². The number of allylic oxidation sites excluding steroid dienone is 2. The molecule has 2 aromatic carbocycles. The fraction of sp³-hybridized carbons (Fsp3) is 0. The van der Waals surface area contributed by atoms with Crippen LogP contribution in [-0.4, -0.2) is 10.9 Å². The van der Waals surface area contributed by atoms with Gasteiger partial charge in [-0.15, -0.1) is 0 Å². The zero-order valence-electron chi connectivity index (χ0n) is 10.7. The van der Waals surface area contributed by atoms with Crippen LogP contribution < -0.4 is 0 Å². The van der Waals surface area contributed by atoms with E-state index in [1.54, 1.807) is 18.2 Å². The summed E-state index contributed by atoms with van der Waals surface area (Å²) >= 11 is 0. The zero-order chi connectivity index (χ0) is 13.9. The molecule has 0 saturated heterocycles. The third-order valence-electron chi connectivity index (χ3n) is 3.14. The predicted octanol–water partition coefficient (Wildman–Crippen LogP) is 4.02. The number of aromatic hydroxyl groups is 1. The number of ketones is 1. The van der Waals surface area contributed by atoms with E-state index in [1.807, 2.05) is 42.5 Å². The highest BCUT2D eigenvalue weighted by molar-refractivity contribution is 8.22. The maximum absolute atomic E-state index is 12.6. The van der Waals surface area contributed by atoms with Gasteiger partial charge in [-0.1, -0.05) is 42.5 Å². The summed E-state index contributed by atoms with van der Waals surface area (Å²) in [4.78, 5) is 13.5. The van der Waals surface area contributed by atoms with Gasteiger partial charge in [-0.05, 0) is 29.0 Å². The number of phenols is 1. The molecule has 0 aromatic heterocycles. The van der Waals surface area contributed by atoms with Crippen molar-refractivity contribution < 1.29 is 9.90 Å². The zero-order valence-corrected chi connectivity index (χ0v) is 11.6. The molecule has 1 N–H and O–H groups in total. The number of thiol groups is 1. The Morgan fingerprint density at radius 3 is 2.35 bits per heavy atom. The number of hydrogen-bond donors (Lipinski definition) is 2. The van der Waals surface area contributed by atoms with Gasteiger partial charge < -0.3 is 5.11 Å². The topological polar surface area (TPSA) is 37.3 Å². The van der Waals surface area contributed by atoms with E-state index in [0.717, 1.165) is 4.90 Å². The molecule has 0 aliphatic carbocycles. The molecule has 0 fully saturated rings. The molecular weight excluding hydrogens is 268 g/mol. The molecule has 1 aliphatic heterocycles. The van der Waals surface area contributed by atoms with Gasteiger partial charge >= 0.3 is 0 Å². The first-order valence-electron chi connectivity index (χ1n) is 6.32. The number of carbonyl (C=O) groups excluding carboxylic acids is 1. The van der Waals surface area contributed by atoms with Crippen LogP contribution in [0.1, 0.15) is 15.9 Å². The van der Waals surface area contributed by atoms with Crippen LogP contribution >= 0.6 is 10.9 Å². The summed E-state index contributed by atoms with van der Waals surface area (Å²) < 4.78 is 0. The van der Waals surface area contributed by atoms with Crippen molar-refractivity contribution >= 4 is 16.7 Å². The van der Waals surface area contributed by atoms with Crippen LogP contribution in [0.15, 0.2) is 76.4 Å². The molecule has 2 aromatic rings. The van der Waals surface area contributed by atoms with E-state index >= 15 is 0 Å². The number of benzene rings is 2. The third-order valence-corrected chi connectivity index (χ3v) is 5.06. The highest BCUT2D eigenvalue weighted by atomic mass is 32.2. The van der Waals surface area contributed by atoms with Crippen molar-refractivity contribution in [1.29, 1.82) is 0 Å². The molecule has 0 amide bonds. The molecule has 0 saturated carbocycles. The van der Waals surface area contributed by atoms with Gasteiger partial charge in [-0.25, -0.2) is 0 Å². The maximum atomic E-state index is 12.6. The number of hydrogen-bond acceptors (Lipinski definition) is 2. The van der Waals surface area contributed by atoms with Crippen LogP contribution in [0.4, 0.5) is 0 Å². The molecule has 1 heterocycles. The monoisotopic (exact) mass is 282 g/mol. The summed E-state index contributed by atoms with van der Waals surface area (Å²) in [5.74, 6) is 0.192. The van der Waals surface area contributed by atoms with Crippen LogP contribution in [0, 0.1) is 0 Å². The van der Waals surface area contributed by atoms with E-state index in [4.69, 9.17) is 0 Å². The first kappa shape index (κ1) is 12.8. The second-order valence-electron chi connectivity index (χ2n) is 4.49. The quantitative estimate of drug-likeness (QED) is 0.659. The highest BCUT2D eigenvalue weighted by Gasteiger charge is 2.17. The van der Waals surface area contributed by atoms with E-state index in [2.05, 4.69) is 10.8 Å². The van der Waals surface area contributed by atoms with E-state index < -0.39 is 10.9 Å². The lowest BCUT2D eigenvalue weighted by Gasteiger charge is -2.15. The van der Waals surface area contributed by atoms with E-state index in [1.165, 1.54) is 0 Å². The number of carbonyl (C=O) groups is 1. The van der Waals surface area contributed by atoms with E-state index in [-0.39, 0.29) is 11.5 Å².